The van der Waals surface area contributed by atoms with E-state index in [1.54, 1.807) is 12.5 Å². The molecule has 0 bridgehead atoms. The molecule has 0 saturated heterocycles. The van der Waals surface area contributed by atoms with Gasteiger partial charge in [0, 0.05) is 12.4 Å². The SMILES string of the molecule is Cc1cc(N)c(Cl)cc1-n1ccnc1. The van der Waals surface area contributed by atoms with Gasteiger partial charge in [-0.3, -0.25) is 0 Å². The first-order valence-corrected chi connectivity index (χ1v) is 4.60. The van der Waals surface area contributed by atoms with E-state index in [0.29, 0.717) is 10.7 Å². The maximum atomic E-state index is 5.94. The van der Waals surface area contributed by atoms with Crippen LogP contribution >= 0.6 is 11.6 Å². The van der Waals surface area contributed by atoms with Crippen LogP contribution in [0, 0.1) is 6.92 Å². The minimum Gasteiger partial charge on any atom is -0.398 e. The van der Waals surface area contributed by atoms with Crippen LogP contribution in [0.1, 0.15) is 5.56 Å². The fourth-order valence-electron chi connectivity index (χ4n) is 1.37. The zero-order valence-corrected chi connectivity index (χ0v) is 8.49. The smallest absolute Gasteiger partial charge is 0.0991 e. The van der Waals surface area contributed by atoms with Crippen molar-refractivity contribution < 1.29 is 0 Å². The van der Waals surface area contributed by atoms with Gasteiger partial charge in [0.15, 0.2) is 0 Å². The second-order valence-electron chi connectivity index (χ2n) is 3.13. The predicted octanol–water partition coefficient (Wildman–Crippen LogP) is 2.42. The molecule has 0 spiro atoms. The minimum absolute atomic E-state index is 0.569. The number of rotatable bonds is 1. The first kappa shape index (κ1) is 9.09. The monoisotopic (exact) mass is 207 g/mol. The fraction of sp³-hybridized carbons (Fsp3) is 0.100. The van der Waals surface area contributed by atoms with Gasteiger partial charge in [-0.15, -0.1) is 0 Å². The largest absolute Gasteiger partial charge is 0.398 e. The standard InChI is InChI=1S/C10H10ClN3/c1-7-4-9(12)8(11)5-10(7)14-3-2-13-6-14/h2-6H,12H2,1H3. The summed E-state index contributed by atoms with van der Waals surface area (Å²) in [5, 5.41) is 0.569. The molecule has 0 saturated carbocycles. The van der Waals surface area contributed by atoms with Crippen LogP contribution in [0.15, 0.2) is 30.9 Å². The first-order valence-electron chi connectivity index (χ1n) is 4.22. The van der Waals surface area contributed by atoms with Gasteiger partial charge < -0.3 is 10.3 Å². The van der Waals surface area contributed by atoms with Crippen LogP contribution in [0.5, 0.6) is 0 Å². The Morgan fingerprint density at radius 1 is 1.43 bits per heavy atom. The highest BCUT2D eigenvalue weighted by Gasteiger charge is 2.04. The van der Waals surface area contributed by atoms with Crippen molar-refractivity contribution in [3.8, 4) is 5.69 Å². The first-order chi connectivity index (χ1) is 6.68. The second-order valence-corrected chi connectivity index (χ2v) is 3.54. The van der Waals surface area contributed by atoms with Crippen molar-refractivity contribution in [1.82, 2.24) is 9.55 Å². The lowest BCUT2D eigenvalue weighted by molar-refractivity contribution is 1.04. The van der Waals surface area contributed by atoms with Crippen molar-refractivity contribution in [3.63, 3.8) is 0 Å². The molecule has 0 aliphatic rings. The molecule has 1 aromatic carbocycles. The zero-order valence-electron chi connectivity index (χ0n) is 7.74. The Balaban J connectivity index is 2.60. The Morgan fingerprint density at radius 3 is 2.86 bits per heavy atom. The van der Waals surface area contributed by atoms with Crippen LogP contribution in [0.3, 0.4) is 0 Å². The van der Waals surface area contributed by atoms with E-state index in [0.717, 1.165) is 11.3 Å². The number of nitrogens with zero attached hydrogens (tertiary/aromatic N) is 2. The molecule has 2 rings (SSSR count). The molecule has 2 N–H and O–H groups in total. The summed E-state index contributed by atoms with van der Waals surface area (Å²) in [6, 6.07) is 3.70. The van der Waals surface area contributed by atoms with Gasteiger partial charge in [-0.25, -0.2) is 4.98 Å². The predicted molar refractivity (Wildman–Crippen MR) is 57.7 cm³/mol. The molecule has 3 nitrogen and oxygen atoms in total. The molecule has 1 heterocycles. The van der Waals surface area contributed by atoms with Crippen molar-refractivity contribution in [2.45, 2.75) is 6.92 Å². The molecule has 0 fully saturated rings. The molecule has 0 amide bonds. The Morgan fingerprint density at radius 2 is 2.21 bits per heavy atom. The van der Waals surface area contributed by atoms with Crippen molar-refractivity contribution in [2.75, 3.05) is 5.73 Å². The minimum atomic E-state index is 0.569. The normalized spacial score (nSPS) is 10.4. The molecule has 2 aromatic rings. The van der Waals surface area contributed by atoms with Crippen molar-refractivity contribution >= 4 is 17.3 Å². The second kappa shape index (κ2) is 3.35. The van der Waals surface area contributed by atoms with Crippen molar-refractivity contribution in [1.29, 1.82) is 0 Å². The number of anilines is 1. The quantitative estimate of drug-likeness (QED) is 0.730. The molecule has 0 radical (unpaired) electrons. The van der Waals surface area contributed by atoms with Crippen LogP contribution in [0.4, 0.5) is 5.69 Å². The summed E-state index contributed by atoms with van der Waals surface area (Å²) in [5.74, 6) is 0. The molecule has 1 aromatic heterocycles. The summed E-state index contributed by atoms with van der Waals surface area (Å²) >= 11 is 5.94. The zero-order chi connectivity index (χ0) is 10.1. The van der Waals surface area contributed by atoms with E-state index in [-0.39, 0.29) is 0 Å². The van der Waals surface area contributed by atoms with Crippen LogP contribution in [-0.4, -0.2) is 9.55 Å². The van der Waals surface area contributed by atoms with Gasteiger partial charge in [0.2, 0.25) is 0 Å². The summed E-state index contributed by atoms with van der Waals surface area (Å²) in [6.45, 7) is 1.99. The third-order valence-corrected chi connectivity index (χ3v) is 2.43. The van der Waals surface area contributed by atoms with Gasteiger partial charge in [-0.05, 0) is 24.6 Å². The molecular formula is C10H10ClN3. The molecule has 0 aliphatic heterocycles. The summed E-state index contributed by atoms with van der Waals surface area (Å²) < 4.78 is 1.90. The Hall–Kier alpha value is -1.48. The van der Waals surface area contributed by atoms with Gasteiger partial charge >= 0.3 is 0 Å². The number of hydrogen-bond acceptors (Lipinski definition) is 2. The molecule has 0 unspecified atom stereocenters. The highest BCUT2D eigenvalue weighted by molar-refractivity contribution is 6.33. The number of imidazole rings is 1. The van der Waals surface area contributed by atoms with Gasteiger partial charge in [-0.1, -0.05) is 11.6 Å². The number of aryl methyl sites for hydroxylation is 1. The van der Waals surface area contributed by atoms with Gasteiger partial charge in [-0.2, -0.15) is 0 Å². The lowest BCUT2D eigenvalue weighted by Gasteiger charge is -2.08. The van der Waals surface area contributed by atoms with Crippen molar-refractivity contribution in [2.24, 2.45) is 0 Å². The number of benzene rings is 1. The van der Waals surface area contributed by atoms with E-state index in [1.807, 2.05) is 29.8 Å². The Kier molecular flexibility index (Phi) is 2.17. The number of nitrogen functional groups attached to an aromatic ring is 1. The number of hydrogen-bond donors (Lipinski definition) is 1. The van der Waals surface area contributed by atoms with E-state index in [9.17, 15) is 0 Å². The average Bonchev–Trinajstić information content (AvgIpc) is 2.64. The van der Waals surface area contributed by atoms with Crippen LogP contribution in [0.2, 0.25) is 5.02 Å². The Labute approximate surface area is 87.1 Å². The molecule has 14 heavy (non-hydrogen) atoms. The van der Waals surface area contributed by atoms with Gasteiger partial charge in [0.1, 0.15) is 0 Å². The number of halogens is 1. The maximum Gasteiger partial charge on any atom is 0.0991 e. The Bertz CT molecular complexity index is 449. The molecule has 0 aliphatic carbocycles. The summed E-state index contributed by atoms with van der Waals surface area (Å²) in [5.41, 5.74) is 8.37. The van der Waals surface area contributed by atoms with E-state index in [2.05, 4.69) is 4.98 Å². The van der Waals surface area contributed by atoms with Crippen LogP contribution < -0.4 is 5.73 Å². The van der Waals surface area contributed by atoms with Crippen LogP contribution in [-0.2, 0) is 0 Å². The van der Waals surface area contributed by atoms with E-state index >= 15 is 0 Å². The third kappa shape index (κ3) is 1.46. The topological polar surface area (TPSA) is 43.8 Å². The molecule has 0 atom stereocenters. The van der Waals surface area contributed by atoms with Crippen LogP contribution in [0.25, 0.3) is 5.69 Å². The van der Waals surface area contributed by atoms with Crippen molar-refractivity contribution in [3.05, 3.63) is 41.4 Å². The van der Waals surface area contributed by atoms with E-state index in [1.165, 1.54) is 0 Å². The highest BCUT2D eigenvalue weighted by atomic mass is 35.5. The summed E-state index contributed by atoms with van der Waals surface area (Å²) in [6.07, 6.45) is 5.33. The third-order valence-electron chi connectivity index (χ3n) is 2.10. The average molecular weight is 208 g/mol. The molecule has 72 valence electrons. The van der Waals surface area contributed by atoms with E-state index < -0.39 is 0 Å². The van der Waals surface area contributed by atoms with Gasteiger partial charge in [0.25, 0.3) is 0 Å². The number of nitrogens with two attached hydrogens (primary N) is 1. The highest BCUT2D eigenvalue weighted by Crippen LogP contribution is 2.25. The van der Waals surface area contributed by atoms with Gasteiger partial charge in [0.05, 0.1) is 22.7 Å². The molecule has 4 heteroatoms. The van der Waals surface area contributed by atoms with E-state index in [4.69, 9.17) is 17.3 Å². The summed E-state index contributed by atoms with van der Waals surface area (Å²) in [7, 11) is 0. The lowest BCUT2D eigenvalue weighted by atomic mass is 10.2. The summed E-state index contributed by atoms with van der Waals surface area (Å²) in [4.78, 5) is 3.98. The lowest BCUT2D eigenvalue weighted by Crippen LogP contribution is -1.96. The number of aromatic nitrogens is 2. The molecular weight excluding hydrogens is 198 g/mol. The fourth-order valence-corrected chi connectivity index (χ4v) is 1.53. The maximum absolute atomic E-state index is 5.94.